The summed E-state index contributed by atoms with van der Waals surface area (Å²) in [6, 6.07) is 5.30. The Hall–Kier alpha value is -0.230. The van der Waals surface area contributed by atoms with E-state index in [1.54, 1.807) is 18.3 Å². The molecule has 2 aromatic rings. The van der Waals surface area contributed by atoms with Crippen LogP contribution in [0.2, 0.25) is 0 Å². The number of benzene rings is 1. The summed E-state index contributed by atoms with van der Waals surface area (Å²) in [6.45, 7) is 0. The molecule has 0 bridgehead atoms. The molecule has 1 aromatic heterocycles. The van der Waals surface area contributed by atoms with Crippen molar-refractivity contribution in [1.82, 2.24) is 4.98 Å². The maximum Gasteiger partial charge on any atom is 0.147 e. The molecule has 0 aliphatic rings. The quantitative estimate of drug-likeness (QED) is 0.520. The largest absolute Gasteiger partial charge is 0.256 e. The predicted molar refractivity (Wildman–Crippen MR) is 62.1 cm³/mol. The van der Waals surface area contributed by atoms with Gasteiger partial charge in [-0.05, 0) is 56.7 Å². The van der Waals surface area contributed by atoms with Crippen LogP contribution in [0.1, 0.15) is 0 Å². The van der Waals surface area contributed by atoms with Crippen molar-refractivity contribution in [2.45, 2.75) is 0 Å². The van der Waals surface area contributed by atoms with E-state index >= 15 is 0 Å². The average molecular weight is 352 g/mol. The monoisotopic (exact) mass is 351 g/mol. The zero-order valence-electron chi connectivity index (χ0n) is 6.39. The third-order valence-corrected chi connectivity index (χ3v) is 4.11. The SMILES string of the molecule is Fc1c(Br)c(I)cc2ncccc12. The fourth-order valence-corrected chi connectivity index (χ4v) is 1.98. The summed E-state index contributed by atoms with van der Waals surface area (Å²) in [5, 5.41) is 0.551. The highest BCUT2D eigenvalue weighted by atomic mass is 127. The summed E-state index contributed by atoms with van der Waals surface area (Å²) in [5.74, 6) is -0.241. The molecule has 2 rings (SSSR count). The number of fused-ring (bicyclic) bond motifs is 1. The summed E-state index contributed by atoms with van der Waals surface area (Å²) in [5.41, 5.74) is 0.688. The Labute approximate surface area is 96.6 Å². The van der Waals surface area contributed by atoms with E-state index in [-0.39, 0.29) is 5.82 Å². The first kappa shape index (κ1) is 9.33. The van der Waals surface area contributed by atoms with Crippen molar-refractivity contribution in [3.63, 3.8) is 0 Å². The van der Waals surface area contributed by atoms with Crippen LogP contribution in [0, 0.1) is 9.39 Å². The van der Waals surface area contributed by atoms with E-state index in [0.717, 1.165) is 3.57 Å². The molecule has 0 atom stereocenters. The van der Waals surface area contributed by atoms with Crippen LogP contribution >= 0.6 is 38.5 Å². The standard InChI is InChI=1S/C9H4BrFIN/c10-8-6(12)4-7-5(9(8)11)2-1-3-13-7/h1-4H. The van der Waals surface area contributed by atoms with Crippen LogP contribution in [0.4, 0.5) is 4.39 Å². The molecule has 0 aliphatic heterocycles. The minimum atomic E-state index is -0.241. The Bertz CT molecular complexity index is 472. The van der Waals surface area contributed by atoms with E-state index in [9.17, 15) is 4.39 Å². The molecule has 0 saturated heterocycles. The van der Waals surface area contributed by atoms with E-state index in [4.69, 9.17) is 0 Å². The second kappa shape index (κ2) is 3.49. The van der Waals surface area contributed by atoms with Crippen LogP contribution in [-0.4, -0.2) is 4.98 Å². The maximum atomic E-state index is 13.6. The minimum Gasteiger partial charge on any atom is -0.256 e. The molecule has 0 unspecified atom stereocenters. The lowest BCUT2D eigenvalue weighted by molar-refractivity contribution is 0.632. The van der Waals surface area contributed by atoms with Gasteiger partial charge in [-0.25, -0.2) is 4.39 Å². The Kier molecular flexibility index (Phi) is 2.51. The number of hydrogen-bond acceptors (Lipinski definition) is 1. The highest BCUT2D eigenvalue weighted by Gasteiger charge is 2.09. The lowest BCUT2D eigenvalue weighted by Gasteiger charge is -2.02. The summed E-state index contributed by atoms with van der Waals surface area (Å²) in [7, 11) is 0. The first-order valence-electron chi connectivity index (χ1n) is 3.58. The lowest BCUT2D eigenvalue weighted by atomic mass is 10.2. The molecule has 1 nitrogen and oxygen atoms in total. The topological polar surface area (TPSA) is 12.9 Å². The Morgan fingerprint density at radius 2 is 2.23 bits per heavy atom. The molecule has 0 N–H and O–H groups in total. The molecule has 0 aliphatic carbocycles. The highest BCUT2D eigenvalue weighted by molar-refractivity contribution is 14.1. The fourth-order valence-electron chi connectivity index (χ4n) is 1.12. The van der Waals surface area contributed by atoms with Gasteiger partial charge >= 0.3 is 0 Å². The molecule has 1 heterocycles. The fraction of sp³-hybridized carbons (Fsp3) is 0. The number of aromatic nitrogens is 1. The van der Waals surface area contributed by atoms with Crippen LogP contribution in [0.25, 0.3) is 10.9 Å². The van der Waals surface area contributed by atoms with E-state index < -0.39 is 0 Å². The molecule has 1 aromatic carbocycles. The third-order valence-electron chi connectivity index (χ3n) is 1.74. The maximum absolute atomic E-state index is 13.6. The second-order valence-corrected chi connectivity index (χ2v) is 4.51. The molecule has 0 fully saturated rings. The zero-order valence-corrected chi connectivity index (χ0v) is 10.1. The molecule has 0 saturated carbocycles. The van der Waals surface area contributed by atoms with Crippen molar-refractivity contribution in [3.8, 4) is 0 Å². The molecular weight excluding hydrogens is 348 g/mol. The number of hydrogen-bond donors (Lipinski definition) is 0. The molecule has 0 radical (unpaired) electrons. The normalized spacial score (nSPS) is 10.7. The molecule has 4 heteroatoms. The van der Waals surface area contributed by atoms with Crippen molar-refractivity contribution in [2.24, 2.45) is 0 Å². The Morgan fingerprint density at radius 1 is 1.46 bits per heavy atom. The summed E-state index contributed by atoms with van der Waals surface area (Å²) in [6.07, 6.45) is 1.66. The van der Waals surface area contributed by atoms with Gasteiger partial charge in [0.1, 0.15) is 5.82 Å². The lowest BCUT2D eigenvalue weighted by Crippen LogP contribution is -1.87. The van der Waals surface area contributed by atoms with Crippen LogP contribution < -0.4 is 0 Å². The van der Waals surface area contributed by atoms with Gasteiger partial charge in [-0.3, -0.25) is 4.98 Å². The van der Waals surface area contributed by atoms with E-state index in [0.29, 0.717) is 15.4 Å². The average Bonchev–Trinajstić information content (AvgIpc) is 2.15. The van der Waals surface area contributed by atoms with Gasteiger partial charge in [-0.1, -0.05) is 0 Å². The third kappa shape index (κ3) is 1.57. The van der Waals surface area contributed by atoms with Gasteiger partial charge in [0.25, 0.3) is 0 Å². The van der Waals surface area contributed by atoms with Gasteiger partial charge in [0.05, 0.1) is 9.99 Å². The van der Waals surface area contributed by atoms with Gasteiger partial charge in [-0.15, -0.1) is 0 Å². The molecule has 0 spiro atoms. The van der Waals surface area contributed by atoms with Crippen molar-refractivity contribution in [1.29, 1.82) is 0 Å². The highest BCUT2D eigenvalue weighted by Crippen LogP contribution is 2.28. The van der Waals surface area contributed by atoms with E-state index in [1.165, 1.54) is 0 Å². The van der Waals surface area contributed by atoms with Crippen LogP contribution in [0.15, 0.2) is 28.9 Å². The molecule has 0 amide bonds. The van der Waals surface area contributed by atoms with Crippen molar-refractivity contribution < 1.29 is 4.39 Å². The number of pyridine rings is 1. The van der Waals surface area contributed by atoms with Gasteiger partial charge in [0.2, 0.25) is 0 Å². The summed E-state index contributed by atoms with van der Waals surface area (Å²) < 4.78 is 14.9. The number of nitrogens with zero attached hydrogens (tertiary/aromatic N) is 1. The molecule has 13 heavy (non-hydrogen) atoms. The molecule has 66 valence electrons. The first-order valence-corrected chi connectivity index (χ1v) is 5.45. The first-order chi connectivity index (χ1) is 6.20. The van der Waals surface area contributed by atoms with Crippen LogP contribution in [0.3, 0.4) is 0 Å². The van der Waals surface area contributed by atoms with Gasteiger partial charge in [0.15, 0.2) is 0 Å². The molecular formula is C9H4BrFIN. The number of halogens is 3. The van der Waals surface area contributed by atoms with Gasteiger partial charge < -0.3 is 0 Å². The van der Waals surface area contributed by atoms with Crippen molar-refractivity contribution in [3.05, 3.63) is 38.3 Å². The van der Waals surface area contributed by atoms with Crippen LogP contribution in [0.5, 0.6) is 0 Å². The van der Waals surface area contributed by atoms with Gasteiger partial charge in [-0.2, -0.15) is 0 Å². The van der Waals surface area contributed by atoms with Crippen molar-refractivity contribution in [2.75, 3.05) is 0 Å². The van der Waals surface area contributed by atoms with E-state index in [1.807, 2.05) is 6.07 Å². The predicted octanol–water partition coefficient (Wildman–Crippen LogP) is 3.74. The van der Waals surface area contributed by atoms with Gasteiger partial charge in [0, 0.05) is 15.2 Å². The zero-order chi connectivity index (χ0) is 9.42. The minimum absolute atomic E-state index is 0.241. The Morgan fingerprint density at radius 3 is 3.00 bits per heavy atom. The second-order valence-electron chi connectivity index (χ2n) is 2.56. The van der Waals surface area contributed by atoms with Crippen LogP contribution in [-0.2, 0) is 0 Å². The smallest absolute Gasteiger partial charge is 0.147 e. The Balaban J connectivity index is 2.94. The summed E-state index contributed by atoms with van der Waals surface area (Å²) >= 11 is 5.26. The van der Waals surface area contributed by atoms with E-state index in [2.05, 4.69) is 43.5 Å². The van der Waals surface area contributed by atoms with Crippen molar-refractivity contribution >= 4 is 49.4 Å². The number of rotatable bonds is 0. The summed E-state index contributed by atoms with van der Waals surface area (Å²) in [4.78, 5) is 4.08.